The molecule has 0 radical (unpaired) electrons. The number of halogens is 2. The minimum Gasteiger partial charge on any atom is -0.379 e. The molecule has 2 aromatic carbocycles. The first kappa shape index (κ1) is 23.0. The van der Waals surface area contributed by atoms with Gasteiger partial charge in [-0.05, 0) is 48.7 Å². The number of rotatable bonds is 8. The fraction of sp³-hybridized carbons (Fsp3) is 0.409. The molecule has 0 aromatic heterocycles. The van der Waals surface area contributed by atoms with Crippen LogP contribution in [0.15, 0.2) is 47.4 Å². The molecule has 7 nitrogen and oxygen atoms in total. The molecule has 1 heterocycles. The molecule has 4 rings (SSSR count). The third-order valence-electron chi connectivity index (χ3n) is 5.89. The second-order valence-corrected chi connectivity index (χ2v) is 10.1. The van der Waals surface area contributed by atoms with E-state index in [-0.39, 0.29) is 15.8 Å². The predicted molar refractivity (Wildman–Crippen MR) is 120 cm³/mol. The van der Waals surface area contributed by atoms with Crippen LogP contribution < -0.4 is 10.0 Å². The van der Waals surface area contributed by atoms with Crippen molar-refractivity contribution in [1.82, 2.24) is 10.2 Å². The third kappa shape index (κ3) is 5.06. The minimum atomic E-state index is -3.92. The first-order valence-electron chi connectivity index (χ1n) is 10.5. The average Bonchev–Trinajstić information content (AvgIpc) is 3.59. The van der Waals surface area contributed by atoms with Gasteiger partial charge in [-0.25, -0.2) is 12.8 Å². The Bertz CT molecular complexity index is 1080. The number of nitrogens with zero attached hydrogens (tertiary/aromatic N) is 1. The summed E-state index contributed by atoms with van der Waals surface area (Å²) in [6.45, 7) is 4.58. The number of hydrogen-bond acceptors (Lipinski definition) is 5. The quantitative estimate of drug-likeness (QED) is 0.605. The second-order valence-electron chi connectivity index (χ2n) is 8.05. The maximum absolute atomic E-state index is 13.3. The standard InChI is InChI=1S/C22H25ClFN3O4S/c23-19-15-18(5-6-20(19)24)32(29,30)26-17-3-1-16(2-4-17)22(7-8-22)21(28)25-9-10-27-11-13-31-14-12-27/h1-6,15,26H,7-14H2,(H,25,28). The number of benzene rings is 2. The number of carbonyl (C=O) groups is 1. The van der Waals surface area contributed by atoms with E-state index in [4.69, 9.17) is 16.3 Å². The summed E-state index contributed by atoms with van der Waals surface area (Å²) in [5.41, 5.74) is 0.652. The molecule has 0 atom stereocenters. The molecule has 1 amide bonds. The highest BCUT2D eigenvalue weighted by Gasteiger charge is 2.51. The first-order chi connectivity index (χ1) is 15.3. The number of morpholine rings is 1. The fourth-order valence-corrected chi connectivity index (χ4v) is 5.14. The van der Waals surface area contributed by atoms with Crippen LogP contribution >= 0.6 is 11.6 Å². The van der Waals surface area contributed by atoms with Crippen LogP contribution in [0.25, 0.3) is 0 Å². The summed E-state index contributed by atoms with van der Waals surface area (Å²) >= 11 is 5.70. The van der Waals surface area contributed by atoms with Gasteiger partial charge < -0.3 is 10.1 Å². The van der Waals surface area contributed by atoms with Crippen LogP contribution in [0.2, 0.25) is 5.02 Å². The van der Waals surface area contributed by atoms with Gasteiger partial charge in [-0.2, -0.15) is 0 Å². The van der Waals surface area contributed by atoms with Crippen LogP contribution in [0.1, 0.15) is 18.4 Å². The van der Waals surface area contributed by atoms with E-state index < -0.39 is 21.3 Å². The van der Waals surface area contributed by atoms with Crippen LogP contribution in [0, 0.1) is 5.82 Å². The van der Waals surface area contributed by atoms with E-state index in [1.165, 1.54) is 0 Å². The van der Waals surface area contributed by atoms with Crippen LogP contribution in [0.4, 0.5) is 10.1 Å². The van der Waals surface area contributed by atoms with Gasteiger partial charge in [-0.1, -0.05) is 23.7 Å². The monoisotopic (exact) mass is 481 g/mol. The Morgan fingerprint density at radius 2 is 1.81 bits per heavy atom. The summed E-state index contributed by atoms with van der Waals surface area (Å²) in [6.07, 6.45) is 1.52. The van der Waals surface area contributed by atoms with E-state index in [9.17, 15) is 17.6 Å². The molecule has 1 aliphatic carbocycles. The number of sulfonamides is 1. The van der Waals surface area contributed by atoms with Crippen LogP contribution in [-0.2, 0) is 25.0 Å². The Morgan fingerprint density at radius 1 is 1.12 bits per heavy atom. The predicted octanol–water partition coefficient (Wildman–Crippen LogP) is 2.76. The summed E-state index contributed by atoms with van der Waals surface area (Å²) in [4.78, 5) is 14.9. The van der Waals surface area contributed by atoms with Gasteiger partial charge in [0.05, 0.1) is 28.5 Å². The Balaban J connectivity index is 1.37. The lowest BCUT2D eigenvalue weighted by molar-refractivity contribution is -0.123. The highest BCUT2D eigenvalue weighted by molar-refractivity contribution is 7.92. The van der Waals surface area contributed by atoms with Crippen molar-refractivity contribution in [2.24, 2.45) is 0 Å². The topological polar surface area (TPSA) is 87.7 Å². The van der Waals surface area contributed by atoms with Crippen LogP contribution in [0.3, 0.4) is 0 Å². The molecular formula is C22H25ClFN3O4S. The van der Waals surface area contributed by atoms with Crippen LogP contribution in [0.5, 0.6) is 0 Å². The van der Waals surface area contributed by atoms with E-state index in [0.29, 0.717) is 12.2 Å². The summed E-state index contributed by atoms with van der Waals surface area (Å²) < 4.78 is 46.2. The molecule has 2 aliphatic rings. The summed E-state index contributed by atoms with van der Waals surface area (Å²) in [5.74, 6) is -0.687. The molecule has 0 unspecified atom stereocenters. The third-order valence-corrected chi connectivity index (χ3v) is 7.56. The molecule has 0 bridgehead atoms. The molecule has 0 spiro atoms. The number of anilines is 1. The van der Waals surface area contributed by atoms with E-state index in [2.05, 4.69) is 14.9 Å². The molecule has 10 heteroatoms. The van der Waals surface area contributed by atoms with E-state index in [1.54, 1.807) is 24.3 Å². The number of carbonyl (C=O) groups excluding carboxylic acids is 1. The van der Waals surface area contributed by atoms with Gasteiger partial charge >= 0.3 is 0 Å². The normalized spacial score (nSPS) is 18.2. The SMILES string of the molecule is O=C(NCCN1CCOCC1)C1(c2ccc(NS(=O)(=O)c3ccc(F)c(Cl)c3)cc2)CC1. The largest absolute Gasteiger partial charge is 0.379 e. The number of hydrogen-bond donors (Lipinski definition) is 2. The van der Waals surface area contributed by atoms with Crippen molar-refractivity contribution >= 4 is 33.2 Å². The molecule has 2 N–H and O–H groups in total. The molecule has 1 aliphatic heterocycles. The lowest BCUT2D eigenvalue weighted by Crippen LogP contribution is -2.43. The zero-order valence-electron chi connectivity index (χ0n) is 17.4. The zero-order chi connectivity index (χ0) is 22.8. The molecule has 32 heavy (non-hydrogen) atoms. The second kappa shape index (κ2) is 9.35. The Morgan fingerprint density at radius 3 is 2.44 bits per heavy atom. The smallest absolute Gasteiger partial charge is 0.261 e. The van der Waals surface area contributed by atoms with Gasteiger partial charge in [0.1, 0.15) is 5.82 Å². The molecule has 2 fully saturated rings. The molecule has 2 aromatic rings. The average molecular weight is 482 g/mol. The molecular weight excluding hydrogens is 457 g/mol. The van der Waals surface area contributed by atoms with Crippen molar-refractivity contribution in [3.63, 3.8) is 0 Å². The number of amides is 1. The highest BCUT2D eigenvalue weighted by atomic mass is 35.5. The lowest BCUT2D eigenvalue weighted by Gasteiger charge is -2.27. The Hall–Kier alpha value is -2.20. The lowest BCUT2D eigenvalue weighted by atomic mass is 9.95. The van der Waals surface area contributed by atoms with Crippen molar-refractivity contribution in [3.8, 4) is 0 Å². The number of ether oxygens (including phenoxy) is 1. The minimum absolute atomic E-state index is 0.0000409. The summed E-state index contributed by atoms with van der Waals surface area (Å²) in [6, 6.07) is 10.0. The molecule has 1 saturated carbocycles. The van der Waals surface area contributed by atoms with Crippen molar-refractivity contribution in [2.45, 2.75) is 23.2 Å². The highest BCUT2D eigenvalue weighted by Crippen LogP contribution is 2.48. The van der Waals surface area contributed by atoms with Gasteiger partial charge in [0.2, 0.25) is 5.91 Å². The van der Waals surface area contributed by atoms with Gasteiger partial charge in [-0.3, -0.25) is 14.4 Å². The molecule has 172 valence electrons. The van der Waals surface area contributed by atoms with E-state index in [1.807, 2.05) is 0 Å². The van der Waals surface area contributed by atoms with Crippen molar-refractivity contribution in [2.75, 3.05) is 44.1 Å². The molecule has 1 saturated heterocycles. The Kier molecular flexibility index (Phi) is 6.71. The zero-order valence-corrected chi connectivity index (χ0v) is 19.0. The maximum atomic E-state index is 13.3. The fourth-order valence-electron chi connectivity index (χ4n) is 3.81. The van der Waals surface area contributed by atoms with Crippen molar-refractivity contribution < 1.29 is 22.3 Å². The maximum Gasteiger partial charge on any atom is 0.261 e. The van der Waals surface area contributed by atoms with Gasteiger partial charge in [0.25, 0.3) is 10.0 Å². The first-order valence-corrected chi connectivity index (χ1v) is 12.3. The van der Waals surface area contributed by atoms with Gasteiger partial charge in [0, 0.05) is 31.9 Å². The van der Waals surface area contributed by atoms with Gasteiger partial charge in [-0.15, -0.1) is 0 Å². The summed E-state index contributed by atoms with van der Waals surface area (Å²) in [5, 5.41) is 2.77. The van der Waals surface area contributed by atoms with E-state index in [0.717, 1.165) is 69.5 Å². The van der Waals surface area contributed by atoms with E-state index >= 15 is 0 Å². The van der Waals surface area contributed by atoms with Crippen molar-refractivity contribution in [3.05, 3.63) is 58.9 Å². The van der Waals surface area contributed by atoms with Crippen LogP contribution in [-0.4, -0.2) is 58.6 Å². The Labute approximate surface area is 191 Å². The van der Waals surface area contributed by atoms with Crippen molar-refractivity contribution in [1.29, 1.82) is 0 Å². The summed E-state index contributed by atoms with van der Waals surface area (Å²) in [7, 11) is -3.92. The number of nitrogens with one attached hydrogen (secondary N) is 2. The van der Waals surface area contributed by atoms with Gasteiger partial charge in [0.15, 0.2) is 0 Å².